The molecule has 0 atom stereocenters. The second-order valence-corrected chi connectivity index (χ2v) is 7.30. The van der Waals surface area contributed by atoms with Crippen LogP contribution in [0, 0.1) is 6.92 Å². The van der Waals surface area contributed by atoms with Crippen molar-refractivity contribution in [1.29, 1.82) is 0 Å². The summed E-state index contributed by atoms with van der Waals surface area (Å²) in [4.78, 5) is 28.0. The molecule has 8 heteroatoms. The standard InChI is InChI=1S/C21H25N7O/c1-16-23-19(15-20(24-16)28-10-4-9-22-28)26-11-13-27(14-12-26)21(29)17-5-7-18(8-6-17)25(2)3/h4-10,15H,11-14H2,1-3H3. The molecule has 0 aliphatic carbocycles. The van der Waals surface area contributed by atoms with Crippen LogP contribution in [0.5, 0.6) is 0 Å². The van der Waals surface area contributed by atoms with Crippen LogP contribution in [0.3, 0.4) is 0 Å². The van der Waals surface area contributed by atoms with Crippen molar-refractivity contribution in [1.82, 2.24) is 24.6 Å². The lowest BCUT2D eigenvalue weighted by molar-refractivity contribution is 0.0746. The lowest BCUT2D eigenvalue weighted by Gasteiger charge is -2.35. The molecule has 3 aromatic rings. The molecule has 1 fully saturated rings. The van der Waals surface area contributed by atoms with Gasteiger partial charge in [0, 0.05) is 70.0 Å². The minimum absolute atomic E-state index is 0.0751. The van der Waals surface area contributed by atoms with Crippen molar-refractivity contribution in [2.75, 3.05) is 50.1 Å². The largest absolute Gasteiger partial charge is 0.378 e. The van der Waals surface area contributed by atoms with Gasteiger partial charge in [0.2, 0.25) is 0 Å². The zero-order valence-electron chi connectivity index (χ0n) is 17.0. The first-order chi connectivity index (χ1) is 14.0. The molecule has 2 aromatic heterocycles. The summed E-state index contributed by atoms with van der Waals surface area (Å²) < 4.78 is 1.73. The van der Waals surface area contributed by atoms with Crippen molar-refractivity contribution in [3.63, 3.8) is 0 Å². The van der Waals surface area contributed by atoms with Crippen molar-refractivity contribution >= 4 is 17.4 Å². The number of rotatable bonds is 4. The number of hydrogen-bond donors (Lipinski definition) is 0. The molecule has 0 radical (unpaired) electrons. The van der Waals surface area contributed by atoms with E-state index in [-0.39, 0.29) is 5.91 Å². The summed E-state index contributed by atoms with van der Waals surface area (Å²) in [7, 11) is 3.98. The van der Waals surface area contributed by atoms with E-state index in [0.29, 0.717) is 18.9 Å². The van der Waals surface area contributed by atoms with Gasteiger partial charge in [-0.1, -0.05) is 0 Å². The molecule has 4 rings (SSSR count). The van der Waals surface area contributed by atoms with Crippen molar-refractivity contribution < 1.29 is 4.79 Å². The highest BCUT2D eigenvalue weighted by Crippen LogP contribution is 2.19. The summed E-state index contributed by atoms with van der Waals surface area (Å²) >= 11 is 0. The number of carbonyl (C=O) groups is 1. The SMILES string of the molecule is Cc1nc(N2CCN(C(=O)c3ccc(N(C)C)cc3)CC2)cc(-n2cccn2)n1. The molecule has 8 nitrogen and oxygen atoms in total. The second kappa shape index (κ2) is 7.90. The van der Waals surface area contributed by atoms with Gasteiger partial charge >= 0.3 is 0 Å². The van der Waals surface area contributed by atoms with Crippen LogP contribution in [0.1, 0.15) is 16.2 Å². The molecule has 29 heavy (non-hydrogen) atoms. The van der Waals surface area contributed by atoms with E-state index in [4.69, 9.17) is 0 Å². The number of benzene rings is 1. The van der Waals surface area contributed by atoms with Gasteiger partial charge in [0.15, 0.2) is 5.82 Å². The lowest BCUT2D eigenvalue weighted by atomic mass is 10.1. The zero-order chi connectivity index (χ0) is 20.4. The predicted molar refractivity (Wildman–Crippen MR) is 113 cm³/mol. The van der Waals surface area contributed by atoms with Gasteiger partial charge in [0.1, 0.15) is 11.6 Å². The van der Waals surface area contributed by atoms with E-state index >= 15 is 0 Å². The summed E-state index contributed by atoms with van der Waals surface area (Å²) in [6, 6.07) is 11.6. The maximum Gasteiger partial charge on any atom is 0.253 e. The van der Waals surface area contributed by atoms with Gasteiger partial charge in [-0.2, -0.15) is 5.10 Å². The van der Waals surface area contributed by atoms with Crippen molar-refractivity contribution in [3.8, 4) is 5.82 Å². The summed E-state index contributed by atoms with van der Waals surface area (Å²) in [6.45, 7) is 4.67. The average Bonchev–Trinajstić information content (AvgIpc) is 3.28. The Kier molecular flexibility index (Phi) is 5.16. The summed E-state index contributed by atoms with van der Waals surface area (Å²) in [6.07, 6.45) is 3.59. The van der Waals surface area contributed by atoms with Crippen LogP contribution >= 0.6 is 0 Å². The average molecular weight is 391 g/mol. The van der Waals surface area contributed by atoms with E-state index in [9.17, 15) is 4.79 Å². The van der Waals surface area contributed by atoms with Crippen LogP contribution in [0.2, 0.25) is 0 Å². The van der Waals surface area contributed by atoms with Gasteiger partial charge < -0.3 is 14.7 Å². The van der Waals surface area contributed by atoms with E-state index in [1.54, 1.807) is 10.9 Å². The fraction of sp³-hybridized carbons (Fsp3) is 0.333. The molecular weight excluding hydrogens is 366 g/mol. The summed E-state index contributed by atoms with van der Waals surface area (Å²) in [5.41, 5.74) is 1.81. The third-order valence-corrected chi connectivity index (χ3v) is 5.07. The van der Waals surface area contributed by atoms with Gasteiger partial charge in [0.05, 0.1) is 0 Å². The maximum atomic E-state index is 12.8. The first-order valence-corrected chi connectivity index (χ1v) is 9.68. The Bertz CT molecular complexity index is 975. The lowest BCUT2D eigenvalue weighted by Crippen LogP contribution is -2.49. The molecule has 0 saturated carbocycles. The first-order valence-electron chi connectivity index (χ1n) is 9.68. The molecule has 1 saturated heterocycles. The monoisotopic (exact) mass is 391 g/mol. The number of amides is 1. The second-order valence-electron chi connectivity index (χ2n) is 7.30. The fourth-order valence-electron chi connectivity index (χ4n) is 3.44. The highest BCUT2D eigenvalue weighted by atomic mass is 16.2. The topological polar surface area (TPSA) is 70.4 Å². The molecular formula is C21H25N7O. The smallest absolute Gasteiger partial charge is 0.253 e. The Labute approximate surface area is 170 Å². The van der Waals surface area contributed by atoms with Crippen LogP contribution in [0.4, 0.5) is 11.5 Å². The van der Waals surface area contributed by atoms with Crippen LogP contribution in [0.25, 0.3) is 5.82 Å². The molecule has 0 N–H and O–H groups in total. The number of carbonyl (C=O) groups excluding carboxylic acids is 1. The molecule has 1 amide bonds. The fourth-order valence-corrected chi connectivity index (χ4v) is 3.44. The Morgan fingerprint density at radius 3 is 2.31 bits per heavy atom. The molecule has 3 heterocycles. The van der Waals surface area contributed by atoms with Crippen molar-refractivity contribution in [2.24, 2.45) is 0 Å². The third kappa shape index (κ3) is 4.06. The molecule has 0 spiro atoms. The van der Waals surface area contributed by atoms with Crippen LogP contribution < -0.4 is 9.80 Å². The number of aromatic nitrogens is 4. The van der Waals surface area contributed by atoms with E-state index < -0.39 is 0 Å². The van der Waals surface area contributed by atoms with Crippen molar-refractivity contribution in [3.05, 3.63) is 60.2 Å². The molecule has 1 aliphatic rings. The van der Waals surface area contributed by atoms with E-state index in [1.165, 1.54) is 0 Å². The minimum Gasteiger partial charge on any atom is -0.378 e. The van der Waals surface area contributed by atoms with Crippen LogP contribution in [-0.2, 0) is 0 Å². The van der Waals surface area contributed by atoms with Crippen LogP contribution in [-0.4, -0.2) is 70.8 Å². The normalized spacial score (nSPS) is 14.2. The van der Waals surface area contributed by atoms with E-state index in [0.717, 1.165) is 36.0 Å². The molecule has 1 aliphatic heterocycles. The summed E-state index contributed by atoms with van der Waals surface area (Å²) in [5, 5.41) is 4.25. The van der Waals surface area contributed by atoms with Gasteiger partial charge in [-0.05, 0) is 37.3 Å². The molecule has 150 valence electrons. The van der Waals surface area contributed by atoms with E-state index in [1.807, 2.05) is 73.4 Å². The minimum atomic E-state index is 0.0751. The highest BCUT2D eigenvalue weighted by Gasteiger charge is 2.23. The summed E-state index contributed by atoms with van der Waals surface area (Å²) in [5.74, 6) is 2.39. The van der Waals surface area contributed by atoms with Gasteiger partial charge in [-0.3, -0.25) is 4.79 Å². The maximum absolute atomic E-state index is 12.8. The Hall–Kier alpha value is -3.42. The number of piperazine rings is 1. The highest BCUT2D eigenvalue weighted by molar-refractivity contribution is 5.94. The Morgan fingerprint density at radius 2 is 1.69 bits per heavy atom. The third-order valence-electron chi connectivity index (χ3n) is 5.07. The zero-order valence-corrected chi connectivity index (χ0v) is 17.0. The van der Waals surface area contributed by atoms with Gasteiger partial charge in [-0.15, -0.1) is 0 Å². The quantitative estimate of drug-likeness (QED) is 0.678. The number of hydrogen-bond acceptors (Lipinski definition) is 6. The number of aryl methyl sites for hydroxylation is 1. The first kappa shape index (κ1) is 18.9. The molecule has 0 unspecified atom stereocenters. The Balaban J connectivity index is 1.43. The number of anilines is 2. The predicted octanol–water partition coefficient (Wildman–Crippen LogP) is 2.00. The van der Waals surface area contributed by atoms with Crippen molar-refractivity contribution in [2.45, 2.75) is 6.92 Å². The number of nitrogens with zero attached hydrogens (tertiary/aromatic N) is 7. The molecule has 1 aromatic carbocycles. The van der Waals surface area contributed by atoms with Gasteiger partial charge in [0.25, 0.3) is 5.91 Å². The Morgan fingerprint density at radius 1 is 1.00 bits per heavy atom. The van der Waals surface area contributed by atoms with Gasteiger partial charge in [-0.25, -0.2) is 14.6 Å². The van der Waals surface area contributed by atoms with E-state index in [2.05, 4.69) is 20.0 Å². The molecule has 0 bridgehead atoms. The van der Waals surface area contributed by atoms with Crippen LogP contribution in [0.15, 0.2) is 48.8 Å².